The van der Waals surface area contributed by atoms with E-state index in [9.17, 15) is 4.79 Å². The lowest BCUT2D eigenvalue weighted by molar-refractivity contribution is 0.525. The van der Waals surface area contributed by atoms with E-state index in [0.29, 0.717) is 5.58 Å². The summed E-state index contributed by atoms with van der Waals surface area (Å²) < 4.78 is 6.28. The Bertz CT molecular complexity index is 457. The molecule has 0 atom stereocenters. The van der Waals surface area contributed by atoms with Crippen molar-refractivity contribution in [3.8, 4) is 0 Å². The molecule has 2 aromatic rings. The molecule has 1 aromatic heterocycles. The second kappa shape index (κ2) is 2.68. The van der Waals surface area contributed by atoms with Crippen LogP contribution in [0.5, 0.6) is 0 Å². The maximum Gasteiger partial charge on any atom is 0.421 e. The summed E-state index contributed by atoms with van der Waals surface area (Å²) in [5.41, 5.74) is 1.31. The number of para-hydroxylation sites is 2. The molecule has 3 nitrogen and oxygen atoms in total. The van der Waals surface area contributed by atoms with Crippen molar-refractivity contribution in [2.75, 3.05) is 0 Å². The maximum atomic E-state index is 11.1. The highest BCUT2D eigenvalue weighted by Gasteiger charge is 2.05. The third-order valence-electron chi connectivity index (χ3n) is 1.69. The highest BCUT2D eigenvalue weighted by molar-refractivity contribution is 6.15. The Morgan fingerprint density at radius 1 is 1.42 bits per heavy atom. The average molecular weight is 184 g/mol. The molecule has 0 unspecified atom stereocenters. The molecule has 0 aliphatic rings. The van der Waals surface area contributed by atoms with Gasteiger partial charge in [-0.3, -0.25) is 4.57 Å². The minimum absolute atomic E-state index is 0.121. The minimum atomic E-state index is -0.411. The van der Waals surface area contributed by atoms with Crippen LogP contribution < -0.4 is 5.76 Å². The van der Waals surface area contributed by atoms with Crippen LogP contribution in [0.2, 0.25) is 0 Å². The lowest BCUT2D eigenvalue weighted by Gasteiger charge is -1.91. The van der Waals surface area contributed by atoms with E-state index in [0.717, 1.165) is 5.52 Å². The summed E-state index contributed by atoms with van der Waals surface area (Å²) in [6.07, 6.45) is 0. The number of rotatable bonds is 1. The van der Waals surface area contributed by atoms with Crippen LogP contribution in [0, 0.1) is 0 Å². The summed E-state index contributed by atoms with van der Waals surface area (Å²) in [6.45, 7) is 0. The first-order valence-corrected chi connectivity index (χ1v) is 4.00. The van der Waals surface area contributed by atoms with E-state index in [-0.39, 0.29) is 6.00 Å². The third kappa shape index (κ3) is 0.940. The predicted molar refractivity (Wildman–Crippen MR) is 46.3 cm³/mol. The number of hydrogen-bond donors (Lipinski definition) is 0. The Hall–Kier alpha value is -1.22. The van der Waals surface area contributed by atoms with Crippen LogP contribution in [0.1, 0.15) is 0 Å². The summed E-state index contributed by atoms with van der Waals surface area (Å²) in [6, 6.07) is 7.29. The van der Waals surface area contributed by atoms with Crippen molar-refractivity contribution in [2.45, 2.75) is 6.00 Å². The molecule has 4 heteroatoms. The van der Waals surface area contributed by atoms with E-state index in [1.807, 2.05) is 12.1 Å². The summed E-state index contributed by atoms with van der Waals surface area (Å²) in [4.78, 5) is 11.1. The van der Waals surface area contributed by atoms with Crippen molar-refractivity contribution in [2.24, 2.45) is 0 Å². The average Bonchev–Trinajstić information content (AvgIpc) is 2.40. The molecule has 0 spiro atoms. The SMILES string of the molecule is O=c1oc2ccccc2n1CCl. The second-order valence-corrected chi connectivity index (χ2v) is 2.62. The zero-order chi connectivity index (χ0) is 8.55. The van der Waals surface area contributed by atoms with Gasteiger partial charge in [-0.1, -0.05) is 12.1 Å². The first-order valence-electron chi connectivity index (χ1n) is 3.47. The van der Waals surface area contributed by atoms with Gasteiger partial charge in [-0.15, -0.1) is 11.6 Å². The highest BCUT2D eigenvalue weighted by atomic mass is 35.5. The van der Waals surface area contributed by atoms with Crippen LogP contribution in [-0.4, -0.2) is 4.57 Å². The Balaban J connectivity index is 2.91. The molecule has 0 saturated carbocycles. The number of alkyl halides is 1. The quantitative estimate of drug-likeness (QED) is 0.632. The molecule has 12 heavy (non-hydrogen) atoms. The van der Waals surface area contributed by atoms with Crippen molar-refractivity contribution in [1.82, 2.24) is 4.57 Å². The molecule has 1 heterocycles. The van der Waals surface area contributed by atoms with E-state index >= 15 is 0 Å². The molecule has 0 bridgehead atoms. The third-order valence-corrected chi connectivity index (χ3v) is 1.93. The Labute approximate surface area is 73.2 Å². The monoisotopic (exact) mass is 183 g/mol. The van der Waals surface area contributed by atoms with Crippen LogP contribution in [0.25, 0.3) is 11.1 Å². The van der Waals surface area contributed by atoms with Gasteiger partial charge in [0.25, 0.3) is 0 Å². The van der Waals surface area contributed by atoms with Crippen molar-refractivity contribution in [3.05, 3.63) is 34.8 Å². The molecule has 0 saturated heterocycles. The lowest BCUT2D eigenvalue weighted by atomic mass is 10.3. The van der Waals surface area contributed by atoms with E-state index in [2.05, 4.69) is 0 Å². The molecule has 0 radical (unpaired) electrons. The minimum Gasteiger partial charge on any atom is -0.408 e. The number of aromatic nitrogens is 1. The lowest BCUT2D eigenvalue weighted by Crippen LogP contribution is -2.10. The van der Waals surface area contributed by atoms with Gasteiger partial charge in [0.1, 0.15) is 6.00 Å². The van der Waals surface area contributed by atoms with Crippen molar-refractivity contribution >= 4 is 22.7 Å². The van der Waals surface area contributed by atoms with Crippen LogP contribution >= 0.6 is 11.6 Å². The van der Waals surface area contributed by atoms with Crippen LogP contribution in [-0.2, 0) is 6.00 Å². The summed E-state index contributed by atoms with van der Waals surface area (Å²) in [5.74, 6) is -0.411. The molecule has 1 aromatic carbocycles. The first kappa shape index (κ1) is 7.43. The maximum absolute atomic E-state index is 11.1. The Kier molecular flexibility index (Phi) is 1.66. The molecule has 0 aliphatic heterocycles. The van der Waals surface area contributed by atoms with Crippen LogP contribution in [0.4, 0.5) is 0 Å². The second-order valence-electron chi connectivity index (χ2n) is 2.38. The van der Waals surface area contributed by atoms with E-state index in [1.165, 1.54) is 4.57 Å². The van der Waals surface area contributed by atoms with Gasteiger partial charge in [0.2, 0.25) is 0 Å². The highest BCUT2D eigenvalue weighted by Crippen LogP contribution is 2.11. The van der Waals surface area contributed by atoms with Crippen molar-refractivity contribution < 1.29 is 4.42 Å². The van der Waals surface area contributed by atoms with Gasteiger partial charge < -0.3 is 4.42 Å². The summed E-state index contributed by atoms with van der Waals surface area (Å²) in [7, 11) is 0. The standard InChI is InChI=1S/C8H6ClNO2/c9-5-10-6-3-1-2-4-7(6)12-8(10)11/h1-4H,5H2. The zero-order valence-electron chi connectivity index (χ0n) is 6.16. The molecular weight excluding hydrogens is 178 g/mol. The Morgan fingerprint density at radius 3 is 2.92 bits per heavy atom. The predicted octanol–water partition coefficient (Wildman–Crippen LogP) is 1.79. The van der Waals surface area contributed by atoms with Crippen molar-refractivity contribution in [3.63, 3.8) is 0 Å². The molecular formula is C8H6ClNO2. The van der Waals surface area contributed by atoms with Gasteiger partial charge in [0.05, 0.1) is 5.52 Å². The molecule has 2 rings (SSSR count). The van der Waals surface area contributed by atoms with Gasteiger partial charge in [0.15, 0.2) is 5.58 Å². The van der Waals surface area contributed by atoms with Gasteiger partial charge >= 0.3 is 5.76 Å². The molecule has 0 aliphatic carbocycles. The molecule has 0 N–H and O–H groups in total. The van der Waals surface area contributed by atoms with E-state index in [1.54, 1.807) is 12.1 Å². The normalized spacial score (nSPS) is 10.8. The molecule has 0 fully saturated rings. The summed E-state index contributed by atoms with van der Waals surface area (Å²) in [5, 5.41) is 0. The van der Waals surface area contributed by atoms with Crippen LogP contribution in [0.15, 0.2) is 33.5 Å². The van der Waals surface area contributed by atoms with Gasteiger partial charge in [-0.05, 0) is 12.1 Å². The van der Waals surface area contributed by atoms with Gasteiger partial charge in [0, 0.05) is 0 Å². The number of benzene rings is 1. The van der Waals surface area contributed by atoms with E-state index < -0.39 is 5.76 Å². The fourth-order valence-corrected chi connectivity index (χ4v) is 1.35. The largest absolute Gasteiger partial charge is 0.421 e. The van der Waals surface area contributed by atoms with Crippen LogP contribution in [0.3, 0.4) is 0 Å². The topological polar surface area (TPSA) is 35.1 Å². The number of fused-ring (bicyclic) bond motifs is 1. The number of hydrogen-bond acceptors (Lipinski definition) is 2. The number of oxazole rings is 1. The smallest absolute Gasteiger partial charge is 0.408 e. The number of nitrogens with zero attached hydrogens (tertiary/aromatic N) is 1. The summed E-state index contributed by atoms with van der Waals surface area (Å²) >= 11 is 5.56. The zero-order valence-corrected chi connectivity index (χ0v) is 6.91. The Morgan fingerprint density at radius 2 is 2.17 bits per heavy atom. The van der Waals surface area contributed by atoms with E-state index in [4.69, 9.17) is 16.0 Å². The van der Waals surface area contributed by atoms with Crippen molar-refractivity contribution in [1.29, 1.82) is 0 Å². The van der Waals surface area contributed by atoms with Gasteiger partial charge in [-0.2, -0.15) is 0 Å². The fraction of sp³-hybridized carbons (Fsp3) is 0.125. The molecule has 62 valence electrons. The number of halogens is 1. The van der Waals surface area contributed by atoms with Gasteiger partial charge in [-0.25, -0.2) is 4.79 Å². The fourth-order valence-electron chi connectivity index (χ4n) is 1.13. The first-order chi connectivity index (χ1) is 5.83. The molecule has 0 amide bonds.